The summed E-state index contributed by atoms with van der Waals surface area (Å²) in [6.07, 6.45) is 2.65. The van der Waals surface area contributed by atoms with E-state index < -0.39 is 30.4 Å². The first-order chi connectivity index (χ1) is 18.2. The van der Waals surface area contributed by atoms with E-state index in [0.717, 1.165) is 27.1 Å². The number of pyridine rings is 2. The van der Waals surface area contributed by atoms with E-state index in [-0.39, 0.29) is 19.4 Å². The van der Waals surface area contributed by atoms with E-state index in [2.05, 4.69) is 9.97 Å². The standard InChI is InChI=1S/C27H23F3N6O2/c1-17-5-2-7-20-25(17)36(26(38)35(20)15-24(37)34-12-4-8-22(34)27(28,29)30)23-10-9-18(13-32-23)19-6-3-11-33-16-31-14-21(19)33/h2-3,5-7,9-11,13-14,16,22H,4,8,12,15H2,1H3/t22-/m0/s1. The molecular formula is C27H23F3N6O2. The van der Waals surface area contributed by atoms with Crippen LogP contribution in [0.15, 0.2) is 72.2 Å². The van der Waals surface area contributed by atoms with Crippen LogP contribution >= 0.6 is 0 Å². The van der Waals surface area contributed by atoms with Gasteiger partial charge in [0.25, 0.3) is 0 Å². The second-order valence-electron chi connectivity index (χ2n) is 9.45. The maximum Gasteiger partial charge on any atom is 0.408 e. The van der Waals surface area contributed by atoms with Gasteiger partial charge in [-0.3, -0.25) is 9.36 Å². The molecule has 1 aliphatic rings. The lowest BCUT2D eigenvalue weighted by molar-refractivity contribution is -0.182. The molecule has 11 heteroatoms. The fourth-order valence-electron chi connectivity index (χ4n) is 5.34. The Kier molecular flexibility index (Phi) is 5.59. The van der Waals surface area contributed by atoms with Gasteiger partial charge in [0.2, 0.25) is 5.91 Å². The zero-order chi connectivity index (χ0) is 26.6. The average Bonchev–Trinajstić information content (AvgIpc) is 3.63. The maximum absolute atomic E-state index is 13.6. The molecule has 0 radical (unpaired) electrons. The highest BCUT2D eigenvalue weighted by Crippen LogP contribution is 2.33. The predicted molar refractivity (Wildman–Crippen MR) is 135 cm³/mol. The number of hydrogen-bond acceptors (Lipinski definition) is 4. The number of nitrogens with zero attached hydrogens (tertiary/aromatic N) is 6. The monoisotopic (exact) mass is 520 g/mol. The molecule has 4 aromatic heterocycles. The Labute approximate surface area is 214 Å². The molecule has 1 aromatic carbocycles. The van der Waals surface area contributed by atoms with Crippen molar-refractivity contribution < 1.29 is 18.0 Å². The first kappa shape index (κ1) is 24.0. The van der Waals surface area contributed by atoms with Crippen LogP contribution in [0.4, 0.5) is 13.2 Å². The summed E-state index contributed by atoms with van der Waals surface area (Å²) in [5, 5.41) is 0. The molecule has 1 atom stereocenters. The topological polar surface area (TPSA) is 77.4 Å². The summed E-state index contributed by atoms with van der Waals surface area (Å²) in [6, 6.07) is 10.9. The number of carbonyl (C=O) groups is 1. The van der Waals surface area contributed by atoms with Crippen molar-refractivity contribution in [2.75, 3.05) is 6.54 Å². The zero-order valence-electron chi connectivity index (χ0n) is 20.4. The molecule has 0 N–H and O–H groups in total. The van der Waals surface area contributed by atoms with E-state index in [9.17, 15) is 22.8 Å². The Hall–Kier alpha value is -4.41. The molecule has 1 aliphatic heterocycles. The number of amides is 1. The molecule has 8 nitrogen and oxygen atoms in total. The van der Waals surface area contributed by atoms with Crippen molar-refractivity contribution in [1.29, 1.82) is 0 Å². The van der Waals surface area contributed by atoms with E-state index in [4.69, 9.17) is 0 Å². The maximum atomic E-state index is 13.6. The molecule has 5 aromatic rings. The average molecular weight is 521 g/mol. The molecule has 1 fully saturated rings. The van der Waals surface area contributed by atoms with Gasteiger partial charge in [-0.05, 0) is 49.6 Å². The summed E-state index contributed by atoms with van der Waals surface area (Å²) in [5.41, 5.74) is 3.90. The van der Waals surface area contributed by atoms with Gasteiger partial charge in [0.15, 0.2) is 0 Å². The van der Waals surface area contributed by atoms with Crippen molar-refractivity contribution in [1.82, 2.24) is 28.4 Å². The van der Waals surface area contributed by atoms with Crippen LogP contribution in [0.5, 0.6) is 0 Å². The van der Waals surface area contributed by atoms with Crippen LogP contribution in [0, 0.1) is 6.92 Å². The second-order valence-corrected chi connectivity index (χ2v) is 9.45. The van der Waals surface area contributed by atoms with E-state index in [0.29, 0.717) is 16.9 Å². The smallest absolute Gasteiger partial charge is 0.329 e. The molecule has 6 rings (SSSR count). The molecule has 0 saturated carbocycles. The molecule has 1 saturated heterocycles. The Morgan fingerprint density at radius 1 is 1.08 bits per heavy atom. The first-order valence-corrected chi connectivity index (χ1v) is 12.2. The predicted octanol–water partition coefficient (Wildman–Crippen LogP) is 4.36. The van der Waals surface area contributed by atoms with Crippen molar-refractivity contribution in [3.05, 3.63) is 83.4 Å². The van der Waals surface area contributed by atoms with Gasteiger partial charge in [-0.25, -0.2) is 19.3 Å². The third-order valence-electron chi connectivity index (χ3n) is 7.14. The lowest BCUT2D eigenvalue weighted by Gasteiger charge is -2.26. The van der Waals surface area contributed by atoms with Crippen LogP contribution in [0.1, 0.15) is 18.4 Å². The molecule has 0 bridgehead atoms. The van der Waals surface area contributed by atoms with Crippen LogP contribution in [0.2, 0.25) is 0 Å². The minimum Gasteiger partial charge on any atom is -0.329 e. The van der Waals surface area contributed by atoms with E-state index >= 15 is 0 Å². The summed E-state index contributed by atoms with van der Waals surface area (Å²) in [6.45, 7) is 1.36. The van der Waals surface area contributed by atoms with Gasteiger partial charge in [0.1, 0.15) is 18.4 Å². The van der Waals surface area contributed by atoms with E-state index in [1.165, 1.54) is 9.13 Å². The number of para-hydroxylation sites is 1. The van der Waals surface area contributed by atoms with Crippen molar-refractivity contribution >= 4 is 22.5 Å². The molecular weight excluding hydrogens is 497 g/mol. The summed E-state index contributed by atoms with van der Waals surface area (Å²) >= 11 is 0. The number of alkyl halides is 3. The van der Waals surface area contributed by atoms with Gasteiger partial charge >= 0.3 is 11.9 Å². The third kappa shape index (κ3) is 3.85. The highest BCUT2D eigenvalue weighted by molar-refractivity contribution is 5.85. The summed E-state index contributed by atoms with van der Waals surface area (Å²) < 4.78 is 44.9. The van der Waals surface area contributed by atoms with Gasteiger partial charge in [0.05, 0.1) is 29.1 Å². The fourth-order valence-corrected chi connectivity index (χ4v) is 5.34. The summed E-state index contributed by atoms with van der Waals surface area (Å²) in [4.78, 5) is 36.2. The lowest BCUT2D eigenvalue weighted by Crippen LogP contribution is -2.46. The van der Waals surface area contributed by atoms with Crippen molar-refractivity contribution in [3.8, 4) is 16.9 Å². The second kappa shape index (κ2) is 8.86. The van der Waals surface area contributed by atoms with Crippen molar-refractivity contribution in [3.63, 3.8) is 0 Å². The van der Waals surface area contributed by atoms with Gasteiger partial charge in [-0.15, -0.1) is 0 Å². The van der Waals surface area contributed by atoms with Crippen LogP contribution < -0.4 is 5.69 Å². The minimum atomic E-state index is -4.51. The molecule has 0 aliphatic carbocycles. The number of aryl methyl sites for hydroxylation is 1. The SMILES string of the molecule is Cc1cccc2c1n(-c1ccc(-c3cccn4cncc34)cn1)c(=O)n2CC(=O)N1CCC[C@H]1C(F)(F)F. The Morgan fingerprint density at radius 2 is 1.92 bits per heavy atom. The minimum absolute atomic E-state index is 0.0163. The molecule has 194 valence electrons. The third-order valence-corrected chi connectivity index (χ3v) is 7.14. The normalized spacial score (nSPS) is 16.1. The number of hydrogen-bond donors (Lipinski definition) is 0. The first-order valence-electron chi connectivity index (χ1n) is 12.2. The van der Waals surface area contributed by atoms with Crippen LogP contribution in [0.25, 0.3) is 33.5 Å². The number of carbonyl (C=O) groups excluding carboxylic acids is 1. The fraction of sp³-hybridized carbons (Fsp3) is 0.259. The van der Waals surface area contributed by atoms with Crippen molar-refractivity contribution in [2.24, 2.45) is 0 Å². The van der Waals surface area contributed by atoms with E-state index in [1.807, 2.05) is 41.8 Å². The number of aromatic nitrogens is 5. The zero-order valence-corrected chi connectivity index (χ0v) is 20.4. The van der Waals surface area contributed by atoms with Gasteiger partial charge < -0.3 is 9.30 Å². The number of fused-ring (bicyclic) bond motifs is 2. The van der Waals surface area contributed by atoms with Gasteiger partial charge in [0, 0.05) is 30.1 Å². The molecule has 38 heavy (non-hydrogen) atoms. The number of halogens is 3. The van der Waals surface area contributed by atoms with Gasteiger partial charge in [-0.1, -0.05) is 18.2 Å². The number of rotatable bonds is 4. The molecule has 5 heterocycles. The van der Waals surface area contributed by atoms with Crippen molar-refractivity contribution in [2.45, 2.75) is 38.5 Å². The van der Waals surface area contributed by atoms with Gasteiger partial charge in [-0.2, -0.15) is 13.2 Å². The quantitative estimate of drug-likeness (QED) is 0.353. The Bertz CT molecular complexity index is 1730. The van der Waals surface area contributed by atoms with Crippen LogP contribution in [-0.2, 0) is 11.3 Å². The Morgan fingerprint density at radius 3 is 2.68 bits per heavy atom. The molecule has 0 unspecified atom stereocenters. The molecule has 1 amide bonds. The van der Waals surface area contributed by atoms with Crippen LogP contribution in [0.3, 0.4) is 0 Å². The largest absolute Gasteiger partial charge is 0.408 e. The summed E-state index contributed by atoms with van der Waals surface area (Å²) in [7, 11) is 0. The number of benzene rings is 1. The molecule has 0 spiro atoms. The number of likely N-dealkylation sites (tertiary alicyclic amines) is 1. The highest BCUT2D eigenvalue weighted by Gasteiger charge is 2.47. The highest BCUT2D eigenvalue weighted by atomic mass is 19.4. The lowest BCUT2D eigenvalue weighted by atomic mass is 10.1. The summed E-state index contributed by atoms with van der Waals surface area (Å²) in [5.74, 6) is -0.385. The Balaban J connectivity index is 1.41. The number of imidazole rings is 2. The van der Waals surface area contributed by atoms with Crippen LogP contribution in [-0.4, -0.2) is 53.1 Å². The van der Waals surface area contributed by atoms with E-state index in [1.54, 1.807) is 36.9 Å².